The van der Waals surface area contributed by atoms with Gasteiger partial charge in [-0.1, -0.05) is 5.16 Å². The molecule has 1 aromatic heterocycles. The third-order valence-corrected chi connectivity index (χ3v) is 2.03. The quantitative estimate of drug-likeness (QED) is 0.371. The number of hydrogen-bond donors (Lipinski definition) is 2. The van der Waals surface area contributed by atoms with Crippen LogP contribution in [-0.4, -0.2) is 21.0 Å². The summed E-state index contributed by atoms with van der Waals surface area (Å²) in [6, 6.07) is 6.87. The zero-order valence-corrected chi connectivity index (χ0v) is 9.12. The van der Waals surface area contributed by atoms with Gasteiger partial charge < -0.3 is 15.7 Å². The van der Waals surface area contributed by atoms with Crippen LogP contribution in [0.25, 0.3) is 0 Å². The molecule has 0 saturated carbocycles. The topological polar surface area (TPSA) is 93.6 Å². The Balaban J connectivity index is 2.22. The predicted molar refractivity (Wildman–Crippen MR) is 61.0 cm³/mol. The highest BCUT2D eigenvalue weighted by Crippen LogP contribution is 2.17. The molecule has 0 aliphatic rings. The highest BCUT2D eigenvalue weighted by molar-refractivity contribution is 5.95. The van der Waals surface area contributed by atoms with Crippen LogP contribution in [0.4, 0.5) is 4.39 Å². The molecule has 0 fully saturated rings. The van der Waals surface area contributed by atoms with Crippen LogP contribution in [0, 0.1) is 5.82 Å². The van der Waals surface area contributed by atoms with Crippen molar-refractivity contribution in [2.75, 3.05) is 0 Å². The molecule has 0 bridgehead atoms. The van der Waals surface area contributed by atoms with E-state index in [1.807, 2.05) is 0 Å². The van der Waals surface area contributed by atoms with Gasteiger partial charge in [-0.3, -0.25) is 0 Å². The fraction of sp³-hybridized carbons (Fsp3) is 0. The van der Waals surface area contributed by atoms with Gasteiger partial charge in [-0.15, -0.1) is 0 Å². The fourth-order valence-electron chi connectivity index (χ4n) is 1.19. The summed E-state index contributed by atoms with van der Waals surface area (Å²) in [6.45, 7) is 0. The number of nitrogens with two attached hydrogens (primary N) is 1. The summed E-state index contributed by atoms with van der Waals surface area (Å²) in [5, 5.41) is 11.3. The van der Waals surface area contributed by atoms with Gasteiger partial charge in [0.05, 0.1) is 0 Å². The molecule has 0 saturated heterocycles. The molecular weight excluding hydrogens is 239 g/mol. The lowest BCUT2D eigenvalue weighted by Gasteiger charge is -2.04. The third kappa shape index (κ3) is 2.70. The zero-order valence-electron chi connectivity index (χ0n) is 9.12. The van der Waals surface area contributed by atoms with Crippen molar-refractivity contribution >= 4 is 5.84 Å². The SMILES string of the molecule is N/C(=N/O)c1ccnc(Oc2ccc(F)cc2)n1. The van der Waals surface area contributed by atoms with E-state index in [4.69, 9.17) is 15.7 Å². The van der Waals surface area contributed by atoms with E-state index in [1.54, 1.807) is 0 Å². The third-order valence-electron chi connectivity index (χ3n) is 2.03. The van der Waals surface area contributed by atoms with Crippen molar-refractivity contribution in [1.82, 2.24) is 9.97 Å². The number of amidine groups is 1. The van der Waals surface area contributed by atoms with Gasteiger partial charge >= 0.3 is 6.01 Å². The van der Waals surface area contributed by atoms with Gasteiger partial charge in [0.25, 0.3) is 0 Å². The molecule has 7 heteroatoms. The van der Waals surface area contributed by atoms with Crippen molar-refractivity contribution in [3.8, 4) is 11.8 Å². The Morgan fingerprint density at radius 2 is 2.00 bits per heavy atom. The average Bonchev–Trinajstić information content (AvgIpc) is 2.41. The summed E-state index contributed by atoms with van der Waals surface area (Å²) >= 11 is 0. The molecule has 0 amide bonds. The Hall–Kier alpha value is -2.70. The van der Waals surface area contributed by atoms with Crippen LogP contribution < -0.4 is 10.5 Å². The zero-order chi connectivity index (χ0) is 13.0. The summed E-state index contributed by atoms with van der Waals surface area (Å²) in [6.07, 6.45) is 1.40. The smallest absolute Gasteiger partial charge is 0.322 e. The Morgan fingerprint density at radius 1 is 1.28 bits per heavy atom. The molecule has 6 nitrogen and oxygen atoms in total. The molecule has 18 heavy (non-hydrogen) atoms. The maximum Gasteiger partial charge on any atom is 0.322 e. The van der Waals surface area contributed by atoms with Crippen molar-refractivity contribution < 1.29 is 14.3 Å². The van der Waals surface area contributed by atoms with E-state index in [0.717, 1.165) is 0 Å². The van der Waals surface area contributed by atoms with Crippen LogP contribution in [0.15, 0.2) is 41.7 Å². The lowest BCUT2D eigenvalue weighted by Crippen LogP contribution is -2.15. The lowest BCUT2D eigenvalue weighted by molar-refractivity contribution is 0.318. The van der Waals surface area contributed by atoms with Crippen molar-refractivity contribution in [2.45, 2.75) is 0 Å². The van der Waals surface area contributed by atoms with Crippen LogP contribution in [0.5, 0.6) is 11.8 Å². The first-order chi connectivity index (χ1) is 8.69. The van der Waals surface area contributed by atoms with Gasteiger partial charge in [-0.25, -0.2) is 9.37 Å². The van der Waals surface area contributed by atoms with E-state index in [9.17, 15) is 4.39 Å². The van der Waals surface area contributed by atoms with E-state index < -0.39 is 0 Å². The molecule has 0 unspecified atom stereocenters. The lowest BCUT2D eigenvalue weighted by atomic mass is 10.3. The summed E-state index contributed by atoms with van der Waals surface area (Å²) in [5.74, 6) is -0.136. The highest BCUT2D eigenvalue weighted by Gasteiger charge is 2.05. The molecule has 3 N–H and O–H groups in total. The minimum absolute atomic E-state index is 0.0192. The molecule has 0 aliphatic carbocycles. The van der Waals surface area contributed by atoms with Gasteiger partial charge in [0, 0.05) is 6.20 Å². The number of aromatic nitrogens is 2. The molecule has 0 atom stereocenters. The van der Waals surface area contributed by atoms with E-state index in [1.165, 1.54) is 36.5 Å². The molecule has 92 valence electrons. The Labute approximate surface area is 102 Å². The standard InChI is InChI=1S/C11H9FN4O2/c12-7-1-3-8(4-2-7)18-11-14-6-5-9(15-11)10(13)16-17/h1-6,17H,(H2,13,16). The minimum atomic E-state index is -0.367. The summed E-state index contributed by atoms with van der Waals surface area (Å²) in [7, 11) is 0. The number of benzene rings is 1. The van der Waals surface area contributed by atoms with Gasteiger partial charge in [-0.2, -0.15) is 4.98 Å². The predicted octanol–water partition coefficient (Wildman–Crippen LogP) is 1.50. The molecule has 0 aliphatic heterocycles. The Bertz CT molecular complexity index is 572. The number of nitrogens with zero attached hydrogens (tertiary/aromatic N) is 3. The number of halogens is 1. The van der Waals surface area contributed by atoms with Gasteiger partial charge in [0.2, 0.25) is 0 Å². The van der Waals surface area contributed by atoms with Crippen molar-refractivity contribution in [2.24, 2.45) is 10.9 Å². The highest BCUT2D eigenvalue weighted by atomic mass is 19.1. The van der Waals surface area contributed by atoms with E-state index in [0.29, 0.717) is 5.75 Å². The first-order valence-corrected chi connectivity index (χ1v) is 4.93. The number of hydrogen-bond acceptors (Lipinski definition) is 5. The normalized spacial score (nSPS) is 11.3. The molecule has 0 spiro atoms. The average molecular weight is 248 g/mol. The summed E-state index contributed by atoms with van der Waals surface area (Å²) in [5.41, 5.74) is 5.61. The second-order valence-corrected chi connectivity index (χ2v) is 3.27. The summed E-state index contributed by atoms with van der Waals surface area (Å²) in [4.78, 5) is 7.77. The van der Waals surface area contributed by atoms with E-state index >= 15 is 0 Å². The largest absolute Gasteiger partial charge is 0.424 e. The first-order valence-electron chi connectivity index (χ1n) is 4.93. The molecule has 1 aromatic carbocycles. The van der Waals surface area contributed by atoms with Crippen LogP contribution in [0.2, 0.25) is 0 Å². The van der Waals surface area contributed by atoms with Crippen LogP contribution in [0.1, 0.15) is 5.69 Å². The van der Waals surface area contributed by atoms with Crippen LogP contribution in [0.3, 0.4) is 0 Å². The van der Waals surface area contributed by atoms with E-state index in [2.05, 4.69) is 15.1 Å². The molecule has 1 heterocycles. The van der Waals surface area contributed by atoms with Crippen molar-refractivity contribution in [1.29, 1.82) is 0 Å². The second kappa shape index (κ2) is 5.09. The maximum absolute atomic E-state index is 12.7. The van der Waals surface area contributed by atoms with Gasteiger partial charge in [0.15, 0.2) is 5.84 Å². The van der Waals surface area contributed by atoms with Gasteiger partial charge in [0.1, 0.15) is 17.3 Å². The second-order valence-electron chi connectivity index (χ2n) is 3.27. The monoisotopic (exact) mass is 248 g/mol. The van der Waals surface area contributed by atoms with E-state index in [-0.39, 0.29) is 23.4 Å². The molecule has 2 aromatic rings. The van der Waals surface area contributed by atoms with Crippen molar-refractivity contribution in [3.63, 3.8) is 0 Å². The van der Waals surface area contributed by atoms with Crippen LogP contribution in [-0.2, 0) is 0 Å². The number of rotatable bonds is 3. The van der Waals surface area contributed by atoms with Crippen molar-refractivity contribution in [3.05, 3.63) is 48.0 Å². The molecule has 0 radical (unpaired) electrons. The number of ether oxygens (including phenoxy) is 1. The Morgan fingerprint density at radius 3 is 2.67 bits per heavy atom. The number of oxime groups is 1. The minimum Gasteiger partial charge on any atom is -0.424 e. The van der Waals surface area contributed by atoms with Gasteiger partial charge in [-0.05, 0) is 30.3 Å². The maximum atomic E-state index is 12.7. The molecule has 2 rings (SSSR count). The summed E-state index contributed by atoms with van der Waals surface area (Å²) < 4.78 is 18.0. The Kier molecular flexibility index (Phi) is 3.33. The fourth-order valence-corrected chi connectivity index (χ4v) is 1.19. The van der Waals surface area contributed by atoms with Crippen LogP contribution >= 0.6 is 0 Å². The molecular formula is C11H9FN4O2. The first kappa shape index (κ1) is 11.8.